The molecule has 5 nitrogen and oxygen atoms in total. The summed E-state index contributed by atoms with van der Waals surface area (Å²) >= 11 is 0. The second-order valence-corrected chi connectivity index (χ2v) is 6.60. The molecule has 2 aromatic carbocycles. The maximum Gasteiger partial charge on any atom is 0.274 e. The molecule has 0 radical (unpaired) electrons. The Morgan fingerprint density at radius 3 is 2.70 bits per heavy atom. The maximum absolute atomic E-state index is 13.3. The van der Waals surface area contributed by atoms with E-state index in [4.69, 9.17) is 0 Å². The Bertz CT molecular complexity index is 1000. The lowest BCUT2D eigenvalue weighted by atomic mass is 10.0. The molecule has 3 aromatic rings. The van der Waals surface area contributed by atoms with Crippen molar-refractivity contribution < 1.29 is 9.18 Å². The van der Waals surface area contributed by atoms with Gasteiger partial charge in [0, 0.05) is 24.5 Å². The van der Waals surface area contributed by atoms with Gasteiger partial charge in [-0.1, -0.05) is 30.3 Å². The molecular formula is C21H19FN4O. The van der Waals surface area contributed by atoms with Crippen LogP contribution in [0.5, 0.6) is 0 Å². The number of nitrogens with zero attached hydrogens (tertiary/aromatic N) is 3. The van der Waals surface area contributed by atoms with E-state index in [0.717, 1.165) is 13.0 Å². The first-order chi connectivity index (χ1) is 13.1. The molecule has 1 aliphatic heterocycles. The number of benzene rings is 2. The molecule has 4 rings (SSSR count). The molecule has 1 aliphatic rings. The van der Waals surface area contributed by atoms with Crippen molar-refractivity contribution in [1.29, 1.82) is 0 Å². The summed E-state index contributed by atoms with van der Waals surface area (Å²) in [5, 5.41) is 2.68. The van der Waals surface area contributed by atoms with Gasteiger partial charge in [0.1, 0.15) is 11.5 Å². The van der Waals surface area contributed by atoms with E-state index in [1.165, 1.54) is 23.3 Å². The van der Waals surface area contributed by atoms with Crippen LogP contribution < -0.4 is 10.2 Å². The molecule has 1 aromatic heterocycles. The highest BCUT2D eigenvalue weighted by Gasteiger charge is 2.20. The Hall–Kier alpha value is -3.28. The Labute approximate surface area is 156 Å². The summed E-state index contributed by atoms with van der Waals surface area (Å²) in [4.78, 5) is 23.6. The molecule has 27 heavy (non-hydrogen) atoms. The molecule has 1 N–H and O–H groups in total. The van der Waals surface area contributed by atoms with Crippen molar-refractivity contribution in [3.05, 3.63) is 82.9 Å². The van der Waals surface area contributed by atoms with Gasteiger partial charge in [-0.25, -0.2) is 14.4 Å². The number of fused-ring (bicyclic) bond motifs is 1. The average Bonchev–Trinajstić information content (AvgIpc) is 2.67. The van der Waals surface area contributed by atoms with Gasteiger partial charge in [0.15, 0.2) is 0 Å². The molecule has 2 heterocycles. The van der Waals surface area contributed by atoms with Gasteiger partial charge < -0.3 is 10.2 Å². The number of nitrogens with one attached hydrogen (secondary N) is 1. The highest BCUT2D eigenvalue weighted by molar-refractivity contribution is 6.03. The fourth-order valence-corrected chi connectivity index (χ4v) is 3.24. The van der Waals surface area contributed by atoms with Crippen LogP contribution in [0.25, 0.3) is 0 Å². The number of carbonyl (C=O) groups excluding carboxylic acids is 1. The van der Waals surface area contributed by atoms with Crippen molar-refractivity contribution in [2.24, 2.45) is 0 Å². The Kier molecular flexibility index (Phi) is 4.54. The topological polar surface area (TPSA) is 58.1 Å². The summed E-state index contributed by atoms with van der Waals surface area (Å²) in [5.74, 6) is -0.252. The van der Waals surface area contributed by atoms with Crippen LogP contribution in [-0.2, 0) is 13.0 Å². The fourth-order valence-electron chi connectivity index (χ4n) is 3.24. The van der Waals surface area contributed by atoms with E-state index >= 15 is 0 Å². The second kappa shape index (κ2) is 7.15. The smallest absolute Gasteiger partial charge is 0.274 e. The van der Waals surface area contributed by atoms with Crippen LogP contribution in [0.1, 0.15) is 27.3 Å². The van der Waals surface area contributed by atoms with E-state index in [1.807, 2.05) is 19.1 Å². The van der Waals surface area contributed by atoms with E-state index < -0.39 is 5.82 Å². The number of halogens is 1. The first-order valence-electron chi connectivity index (χ1n) is 8.83. The molecule has 0 aliphatic carbocycles. The number of hydrogen-bond acceptors (Lipinski definition) is 4. The summed E-state index contributed by atoms with van der Waals surface area (Å²) < 4.78 is 13.3. The largest absolute Gasteiger partial charge is 0.336 e. The number of aryl methyl sites for hydroxylation is 1. The molecule has 136 valence electrons. The zero-order chi connectivity index (χ0) is 18.8. The van der Waals surface area contributed by atoms with Crippen molar-refractivity contribution >= 4 is 17.5 Å². The summed E-state index contributed by atoms with van der Waals surface area (Å²) in [6, 6.07) is 15.7. The van der Waals surface area contributed by atoms with Gasteiger partial charge in [0.25, 0.3) is 5.91 Å². The maximum atomic E-state index is 13.3. The molecule has 0 atom stereocenters. The highest BCUT2D eigenvalue weighted by atomic mass is 19.1. The second-order valence-electron chi connectivity index (χ2n) is 6.60. The van der Waals surface area contributed by atoms with Crippen LogP contribution in [0.3, 0.4) is 0 Å². The van der Waals surface area contributed by atoms with Crippen LogP contribution in [-0.4, -0.2) is 22.4 Å². The first kappa shape index (κ1) is 17.1. The number of carbonyl (C=O) groups is 1. The minimum atomic E-state index is -0.403. The predicted molar refractivity (Wildman–Crippen MR) is 102 cm³/mol. The summed E-state index contributed by atoms with van der Waals surface area (Å²) in [7, 11) is 0. The molecule has 0 bridgehead atoms. The lowest BCUT2D eigenvalue weighted by molar-refractivity contribution is 0.102. The molecule has 6 heteroatoms. The molecule has 0 saturated heterocycles. The van der Waals surface area contributed by atoms with Crippen LogP contribution in [0.4, 0.5) is 16.0 Å². The lowest BCUT2D eigenvalue weighted by Crippen LogP contribution is -2.32. The summed E-state index contributed by atoms with van der Waals surface area (Å²) in [6.07, 6.45) is 0.915. The average molecular weight is 362 g/mol. The minimum Gasteiger partial charge on any atom is -0.336 e. The summed E-state index contributed by atoms with van der Waals surface area (Å²) in [6.45, 7) is 3.35. The lowest BCUT2D eigenvalue weighted by Gasteiger charge is -2.29. The van der Waals surface area contributed by atoms with Crippen LogP contribution in [0, 0.1) is 12.7 Å². The Balaban J connectivity index is 1.57. The number of anilines is 2. The molecule has 0 saturated carbocycles. The van der Waals surface area contributed by atoms with Gasteiger partial charge in [-0.2, -0.15) is 0 Å². The van der Waals surface area contributed by atoms with E-state index in [-0.39, 0.29) is 11.6 Å². The molecule has 1 amide bonds. The minimum absolute atomic E-state index is 0.264. The monoisotopic (exact) mass is 362 g/mol. The quantitative estimate of drug-likeness (QED) is 0.771. The third-order valence-electron chi connectivity index (χ3n) is 4.57. The van der Waals surface area contributed by atoms with Crippen LogP contribution in [0.15, 0.2) is 54.6 Å². The molecule has 0 unspecified atom stereocenters. The van der Waals surface area contributed by atoms with Crippen molar-refractivity contribution in [2.45, 2.75) is 19.9 Å². The zero-order valence-electron chi connectivity index (χ0n) is 14.9. The van der Waals surface area contributed by atoms with E-state index in [2.05, 4.69) is 32.3 Å². The summed E-state index contributed by atoms with van der Waals surface area (Å²) in [5.41, 5.74) is 3.96. The van der Waals surface area contributed by atoms with E-state index in [9.17, 15) is 9.18 Å². The van der Waals surface area contributed by atoms with Crippen LogP contribution in [0.2, 0.25) is 0 Å². The fraction of sp³-hybridized carbons (Fsp3) is 0.190. The molecule has 0 fully saturated rings. The van der Waals surface area contributed by atoms with Gasteiger partial charge in [-0.05, 0) is 48.7 Å². The van der Waals surface area contributed by atoms with Crippen molar-refractivity contribution in [3.63, 3.8) is 0 Å². The first-order valence-corrected chi connectivity index (χ1v) is 8.83. The molecule has 0 spiro atoms. The third kappa shape index (κ3) is 3.79. The predicted octanol–water partition coefficient (Wildman–Crippen LogP) is 3.74. The van der Waals surface area contributed by atoms with Crippen molar-refractivity contribution in [1.82, 2.24) is 9.97 Å². The zero-order valence-corrected chi connectivity index (χ0v) is 14.9. The van der Waals surface area contributed by atoms with Crippen LogP contribution >= 0.6 is 0 Å². The van der Waals surface area contributed by atoms with Gasteiger partial charge in [-0.15, -0.1) is 0 Å². The highest BCUT2D eigenvalue weighted by Crippen LogP contribution is 2.22. The van der Waals surface area contributed by atoms with Gasteiger partial charge in [0.2, 0.25) is 5.95 Å². The van der Waals surface area contributed by atoms with E-state index in [1.54, 1.807) is 18.2 Å². The number of amides is 1. The van der Waals surface area contributed by atoms with E-state index in [0.29, 0.717) is 23.9 Å². The third-order valence-corrected chi connectivity index (χ3v) is 4.57. The number of rotatable bonds is 3. The number of hydrogen-bond donors (Lipinski definition) is 1. The normalized spacial score (nSPS) is 13.2. The Morgan fingerprint density at radius 2 is 1.89 bits per heavy atom. The SMILES string of the molecule is Cc1cc(C(=O)Nc2cccc(F)c2)nc(N2CCc3ccccc3C2)n1. The van der Waals surface area contributed by atoms with Gasteiger partial charge in [-0.3, -0.25) is 4.79 Å². The Morgan fingerprint density at radius 1 is 1.07 bits per heavy atom. The van der Waals surface area contributed by atoms with Crippen molar-refractivity contribution in [3.8, 4) is 0 Å². The van der Waals surface area contributed by atoms with Crippen molar-refractivity contribution in [2.75, 3.05) is 16.8 Å². The van der Waals surface area contributed by atoms with Gasteiger partial charge >= 0.3 is 0 Å². The number of aromatic nitrogens is 2. The standard InChI is InChI=1S/C21H19FN4O/c1-14-11-19(20(27)24-18-8-4-7-17(22)12-18)25-21(23-14)26-10-9-15-5-2-3-6-16(15)13-26/h2-8,11-12H,9-10,13H2,1H3,(H,24,27). The van der Waals surface area contributed by atoms with Gasteiger partial charge in [0.05, 0.1) is 0 Å². The molecular weight excluding hydrogens is 343 g/mol.